The Morgan fingerprint density at radius 2 is 1.95 bits per heavy atom. The van der Waals surface area contributed by atoms with E-state index < -0.39 is 15.6 Å². The average molecular weight is 312 g/mol. The van der Waals surface area contributed by atoms with Gasteiger partial charge in [0.15, 0.2) is 5.69 Å². The summed E-state index contributed by atoms with van der Waals surface area (Å²) in [6.07, 6.45) is 0. The molecule has 2 rings (SSSR count). The zero-order valence-corrected chi connectivity index (χ0v) is 11.8. The number of hydrogen-bond donors (Lipinski definition) is 2. The number of H-pyrrole nitrogens is 1. The van der Waals surface area contributed by atoms with E-state index in [1.165, 1.54) is 31.4 Å². The third-order valence-electron chi connectivity index (χ3n) is 2.47. The first-order valence-corrected chi connectivity index (χ1v) is 7.20. The second kappa shape index (κ2) is 5.99. The molecule has 0 aliphatic rings. The number of primary sulfonamides is 1. The van der Waals surface area contributed by atoms with Crippen LogP contribution in [0, 0.1) is 0 Å². The number of nitrogens with two attached hydrogens (primary N) is 1. The molecule has 2 aromatic rings. The number of hydrogen-bond acceptors (Lipinski definition) is 7. The van der Waals surface area contributed by atoms with Gasteiger partial charge in [0.05, 0.1) is 17.2 Å². The molecule has 0 spiro atoms. The number of nitrogens with zero attached hydrogens (tertiary/aromatic N) is 2. The summed E-state index contributed by atoms with van der Waals surface area (Å²) in [6.45, 7) is 0.116. The molecule has 1 heterocycles. The van der Waals surface area contributed by atoms with Crippen molar-refractivity contribution in [3.05, 3.63) is 40.4 Å². The van der Waals surface area contributed by atoms with Crippen molar-refractivity contribution in [3.63, 3.8) is 0 Å². The van der Waals surface area contributed by atoms with Crippen molar-refractivity contribution < 1.29 is 17.7 Å². The molecule has 0 aliphatic heterocycles. The molecule has 10 heteroatoms. The Morgan fingerprint density at radius 1 is 1.29 bits per heavy atom. The van der Waals surface area contributed by atoms with Crippen LogP contribution in [0.4, 0.5) is 11.4 Å². The highest BCUT2D eigenvalue weighted by atomic mass is 32.2. The topological polar surface area (TPSA) is 140 Å². The highest BCUT2D eigenvalue weighted by molar-refractivity contribution is 7.89. The van der Waals surface area contributed by atoms with Crippen molar-refractivity contribution in [2.24, 2.45) is 15.4 Å². The number of aromatic amines is 1. The Kier molecular flexibility index (Phi) is 4.31. The van der Waals surface area contributed by atoms with Crippen LogP contribution in [0.1, 0.15) is 5.69 Å². The maximum Gasteiger partial charge on any atom is 0.385 e. The van der Waals surface area contributed by atoms with E-state index in [1.54, 1.807) is 0 Å². The fraction of sp³-hybridized carbons (Fsp3) is 0.182. The highest BCUT2D eigenvalue weighted by Gasteiger charge is 2.11. The maximum absolute atomic E-state index is 11.4. The first kappa shape index (κ1) is 15.1. The van der Waals surface area contributed by atoms with Gasteiger partial charge in [-0.2, -0.15) is 5.11 Å². The molecule has 9 nitrogen and oxygen atoms in total. The van der Waals surface area contributed by atoms with Crippen molar-refractivity contribution >= 4 is 21.4 Å². The van der Waals surface area contributed by atoms with Crippen LogP contribution in [0.15, 0.2) is 48.7 Å². The van der Waals surface area contributed by atoms with Crippen LogP contribution in [-0.4, -0.2) is 20.7 Å². The van der Waals surface area contributed by atoms with Crippen molar-refractivity contribution in [2.45, 2.75) is 11.5 Å². The monoisotopic (exact) mass is 312 g/mol. The van der Waals surface area contributed by atoms with Crippen LogP contribution in [0.3, 0.4) is 0 Å². The number of ether oxygens (including phenoxy) is 1. The largest absolute Gasteiger partial charge is 0.385 e. The van der Waals surface area contributed by atoms with Gasteiger partial charge in [0, 0.05) is 7.11 Å². The van der Waals surface area contributed by atoms with Crippen molar-refractivity contribution in [1.82, 2.24) is 5.16 Å². The average Bonchev–Trinajstić information content (AvgIpc) is 2.77. The first-order chi connectivity index (χ1) is 9.91. The molecular weight excluding hydrogens is 300 g/mol. The van der Waals surface area contributed by atoms with E-state index >= 15 is 0 Å². The Labute approximate surface area is 119 Å². The summed E-state index contributed by atoms with van der Waals surface area (Å²) in [5.74, 6) is 0. The second-order valence-corrected chi connectivity index (χ2v) is 5.55. The first-order valence-electron chi connectivity index (χ1n) is 5.65. The van der Waals surface area contributed by atoms with Gasteiger partial charge >= 0.3 is 5.63 Å². The quantitative estimate of drug-likeness (QED) is 0.797. The van der Waals surface area contributed by atoms with E-state index in [4.69, 9.17) is 9.88 Å². The molecule has 0 saturated heterocycles. The number of nitrogens with one attached hydrogen (secondary N) is 1. The van der Waals surface area contributed by atoms with Gasteiger partial charge in [-0.15, -0.1) is 5.11 Å². The van der Waals surface area contributed by atoms with Gasteiger partial charge < -0.3 is 9.26 Å². The molecule has 0 fully saturated rings. The normalized spacial score (nSPS) is 12.1. The van der Waals surface area contributed by atoms with E-state index in [0.29, 0.717) is 11.4 Å². The Balaban J connectivity index is 2.26. The van der Waals surface area contributed by atoms with Crippen LogP contribution < -0.4 is 10.8 Å². The number of azo groups is 1. The summed E-state index contributed by atoms with van der Waals surface area (Å²) in [4.78, 5) is 11.4. The molecule has 112 valence electrons. The van der Waals surface area contributed by atoms with E-state index in [9.17, 15) is 13.2 Å². The molecular formula is C11H12N4O5S. The maximum atomic E-state index is 11.4. The van der Waals surface area contributed by atoms with Gasteiger partial charge in [0.25, 0.3) is 0 Å². The minimum atomic E-state index is -3.76. The summed E-state index contributed by atoms with van der Waals surface area (Å²) >= 11 is 0. The smallest absolute Gasteiger partial charge is 0.378 e. The van der Waals surface area contributed by atoms with E-state index in [2.05, 4.69) is 19.9 Å². The van der Waals surface area contributed by atoms with E-state index in [-0.39, 0.29) is 17.2 Å². The van der Waals surface area contributed by atoms with Gasteiger partial charge in [-0.25, -0.2) is 23.5 Å². The zero-order valence-electron chi connectivity index (χ0n) is 10.9. The Hall–Kier alpha value is -2.30. The number of rotatable bonds is 5. The molecule has 1 aromatic heterocycles. The number of methoxy groups -OCH3 is 1. The molecule has 0 amide bonds. The molecule has 21 heavy (non-hydrogen) atoms. The van der Waals surface area contributed by atoms with Gasteiger partial charge in [-0.1, -0.05) is 0 Å². The summed E-state index contributed by atoms with van der Waals surface area (Å²) in [5, 5.41) is 15.0. The lowest BCUT2D eigenvalue weighted by atomic mass is 10.3. The van der Waals surface area contributed by atoms with Crippen molar-refractivity contribution in [3.8, 4) is 0 Å². The van der Waals surface area contributed by atoms with Gasteiger partial charge in [0.1, 0.15) is 5.69 Å². The third kappa shape index (κ3) is 3.62. The van der Waals surface area contributed by atoms with Crippen molar-refractivity contribution in [1.29, 1.82) is 0 Å². The minimum absolute atomic E-state index is 0.00706. The van der Waals surface area contributed by atoms with Gasteiger partial charge in [0.2, 0.25) is 10.0 Å². The lowest BCUT2D eigenvalue weighted by molar-refractivity contribution is 0.177. The third-order valence-corrected chi connectivity index (χ3v) is 3.39. The highest BCUT2D eigenvalue weighted by Crippen LogP contribution is 2.20. The predicted octanol–water partition coefficient (Wildman–Crippen LogP) is 1.18. The van der Waals surface area contributed by atoms with Crippen LogP contribution >= 0.6 is 0 Å². The van der Waals surface area contributed by atoms with E-state index in [0.717, 1.165) is 0 Å². The number of benzene rings is 1. The Bertz CT molecular complexity index is 804. The van der Waals surface area contributed by atoms with Crippen molar-refractivity contribution in [2.75, 3.05) is 7.11 Å². The molecule has 0 aliphatic carbocycles. The molecule has 0 unspecified atom stereocenters. The molecule has 0 bridgehead atoms. The van der Waals surface area contributed by atoms with Crippen LogP contribution in [0.2, 0.25) is 0 Å². The molecule has 1 aromatic carbocycles. The summed E-state index contributed by atoms with van der Waals surface area (Å²) in [6, 6.07) is 5.40. The molecule has 0 radical (unpaired) electrons. The zero-order chi connectivity index (χ0) is 15.5. The minimum Gasteiger partial charge on any atom is -0.378 e. The predicted molar refractivity (Wildman–Crippen MR) is 72.0 cm³/mol. The number of aromatic nitrogens is 1. The lowest BCUT2D eigenvalue weighted by Gasteiger charge is -1.97. The second-order valence-electron chi connectivity index (χ2n) is 3.99. The summed E-state index contributed by atoms with van der Waals surface area (Å²) in [7, 11) is -2.30. The lowest BCUT2D eigenvalue weighted by Crippen LogP contribution is -2.11. The van der Waals surface area contributed by atoms with Crippen LogP contribution in [-0.2, 0) is 21.4 Å². The van der Waals surface area contributed by atoms with Crippen LogP contribution in [0.25, 0.3) is 0 Å². The van der Waals surface area contributed by atoms with Crippen LogP contribution in [0.5, 0.6) is 0 Å². The summed E-state index contributed by atoms with van der Waals surface area (Å²) in [5.41, 5.74) is 0.0260. The number of sulfonamides is 1. The molecule has 0 saturated carbocycles. The SMILES string of the molecule is COCc1[nH]oc(=O)c1N=Nc1ccc(S(N)(=O)=O)cc1. The fourth-order valence-electron chi connectivity index (χ4n) is 1.48. The molecule has 3 N–H and O–H groups in total. The van der Waals surface area contributed by atoms with E-state index in [1.807, 2.05) is 0 Å². The molecule has 0 atom stereocenters. The fourth-order valence-corrected chi connectivity index (χ4v) is 2.00. The van der Waals surface area contributed by atoms with Gasteiger partial charge in [-0.3, -0.25) is 0 Å². The standard InChI is InChI=1S/C11H12N4O5S/c1-19-6-9-10(11(16)20-15-9)14-13-7-2-4-8(5-3-7)21(12,17)18/h2-5,15H,6H2,1H3,(H2,12,17,18). The Morgan fingerprint density at radius 3 is 2.52 bits per heavy atom. The van der Waals surface area contributed by atoms with Gasteiger partial charge in [-0.05, 0) is 24.3 Å². The summed E-state index contributed by atoms with van der Waals surface area (Å²) < 4.78 is 31.7.